The number of hydrogen-bond acceptors (Lipinski definition) is 2. The zero-order chi connectivity index (χ0) is 17.9. The van der Waals surface area contributed by atoms with Crippen LogP contribution in [0.1, 0.15) is 90.9 Å². The summed E-state index contributed by atoms with van der Waals surface area (Å²) in [4.78, 5) is 24.5. The standard InChI is InChI=1S/C21H36N2O2/c1-3-4-5-6-15(2)22-19(24)7-8-20(25)23-21-12-16-9-17(13-21)11-18(10-16)14-21/h15-18H,3-14H2,1-2H3,(H,22,24)(H,23,25)/t15-,16?,17?,18?,21?/m1/s1. The first-order chi connectivity index (χ1) is 12.0. The molecular weight excluding hydrogens is 312 g/mol. The highest BCUT2D eigenvalue weighted by Crippen LogP contribution is 2.55. The Morgan fingerprint density at radius 2 is 1.52 bits per heavy atom. The van der Waals surface area contributed by atoms with Gasteiger partial charge in [-0.25, -0.2) is 0 Å². The highest BCUT2D eigenvalue weighted by atomic mass is 16.2. The highest BCUT2D eigenvalue weighted by molar-refractivity contribution is 5.84. The van der Waals surface area contributed by atoms with Gasteiger partial charge in [0.1, 0.15) is 0 Å². The van der Waals surface area contributed by atoms with Crippen LogP contribution in [0.4, 0.5) is 0 Å². The largest absolute Gasteiger partial charge is 0.354 e. The number of unbranched alkanes of at least 4 members (excludes halogenated alkanes) is 2. The Morgan fingerprint density at radius 3 is 2.08 bits per heavy atom. The van der Waals surface area contributed by atoms with Crippen LogP contribution in [0, 0.1) is 17.8 Å². The van der Waals surface area contributed by atoms with E-state index in [0.717, 1.165) is 30.6 Å². The molecule has 0 radical (unpaired) electrons. The van der Waals surface area contributed by atoms with Crippen LogP contribution in [0.5, 0.6) is 0 Å². The normalized spacial score (nSPS) is 33.9. The summed E-state index contributed by atoms with van der Waals surface area (Å²) >= 11 is 0. The summed E-state index contributed by atoms with van der Waals surface area (Å²) in [6, 6.07) is 0.213. The molecule has 0 spiro atoms. The number of carbonyl (C=O) groups excluding carboxylic acids is 2. The molecule has 0 heterocycles. The van der Waals surface area contributed by atoms with E-state index in [2.05, 4.69) is 24.5 Å². The zero-order valence-electron chi connectivity index (χ0n) is 16.1. The Labute approximate surface area is 152 Å². The van der Waals surface area contributed by atoms with Gasteiger partial charge in [-0.05, 0) is 69.6 Å². The first-order valence-electron chi connectivity index (χ1n) is 10.6. The van der Waals surface area contributed by atoms with Crippen LogP contribution < -0.4 is 10.6 Å². The van der Waals surface area contributed by atoms with Gasteiger partial charge in [-0.3, -0.25) is 9.59 Å². The van der Waals surface area contributed by atoms with Crippen LogP contribution in [-0.4, -0.2) is 23.4 Å². The van der Waals surface area contributed by atoms with E-state index in [-0.39, 0.29) is 23.4 Å². The maximum absolute atomic E-state index is 12.4. The fourth-order valence-electron chi connectivity index (χ4n) is 5.97. The first kappa shape index (κ1) is 18.7. The van der Waals surface area contributed by atoms with Crippen molar-refractivity contribution in [3.63, 3.8) is 0 Å². The van der Waals surface area contributed by atoms with Gasteiger partial charge in [0, 0.05) is 24.4 Å². The maximum atomic E-state index is 12.4. The molecule has 0 unspecified atom stereocenters. The Kier molecular flexibility index (Phi) is 6.06. The Balaban J connectivity index is 1.37. The molecule has 2 N–H and O–H groups in total. The van der Waals surface area contributed by atoms with Crippen LogP contribution in [0.2, 0.25) is 0 Å². The van der Waals surface area contributed by atoms with E-state index in [0.29, 0.717) is 12.8 Å². The minimum atomic E-state index is 0.0182. The van der Waals surface area contributed by atoms with Crippen molar-refractivity contribution in [2.24, 2.45) is 17.8 Å². The summed E-state index contributed by atoms with van der Waals surface area (Å²) < 4.78 is 0. The van der Waals surface area contributed by atoms with Gasteiger partial charge in [0.2, 0.25) is 11.8 Å². The van der Waals surface area contributed by atoms with Crippen LogP contribution in [-0.2, 0) is 9.59 Å². The lowest BCUT2D eigenvalue weighted by molar-refractivity contribution is -0.130. The monoisotopic (exact) mass is 348 g/mol. The van der Waals surface area contributed by atoms with Gasteiger partial charge in [0.15, 0.2) is 0 Å². The quantitative estimate of drug-likeness (QED) is 0.620. The number of hydrogen-bond donors (Lipinski definition) is 2. The van der Waals surface area contributed by atoms with Crippen molar-refractivity contribution in [1.29, 1.82) is 0 Å². The van der Waals surface area contributed by atoms with Gasteiger partial charge >= 0.3 is 0 Å². The molecule has 4 fully saturated rings. The lowest BCUT2D eigenvalue weighted by atomic mass is 9.53. The van der Waals surface area contributed by atoms with Crippen LogP contribution in [0.3, 0.4) is 0 Å². The van der Waals surface area contributed by atoms with Gasteiger partial charge < -0.3 is 10.6 Å². The topological polar surface area (TPSA) is 58.2 Å². The molecular formula is C21H36N2O2. The molecule has 0 aliphatic heterocycles. The molecule has 4 aliphatic rings. The summed E-state index contributed by atoms with van der Waals surface area (Å²) in [6.07, 6.45) is 12.9. The van der Waals surface area contributed by atoms with Crippen LogP contribution in [0.15, 0.2) is 0 Å². The summed E-state index contributed by atoms with van der Waals surface area (Å²) in [5, 5.41) is 6.39. The van der Waals surface area contributed by atoms with E-state index in [1.165, 1.54) is 51.4 Å². The third-order valence-electron chi connectivity index (χ3n) is 6.67. The van der Waals surface area contributed by atoms with Crippen molar-refractivity contribution in [1.82, 2.24) is 10.6 Å². The molecule has 142 valence electrons. The number of amides is 2. The second-order valence-corrected chi connectivity index (χ2v) is 9.21. The molecule has 2 amide bonds. The van der Waals surface area contributed by atoms with Crippen molar-refractivity contribution in [2.45, 2.75) is 102 Å². The fourth-order valence-corrected chi connectivity index (χ4v) is 5.97. The molecule has 0 saturated heterocycles. The maximum Gasteiger partial charge on any atom is 0.220 e. The average Bonchev–Trinajstić information content (AvgIpc) is 2.51. The number of nitrogens with one attached hydrogen (secondary N) is 2. The summed E-state index contributed by atoms with van der Waals surface area (Å²) in [7, 11) is 0. The fraction of sp³-hybridized carbons (Fsp3) is 0.905. The molecule has 4 rings (SSSR count). The van der Waals surface area contributed by atoms with E-state index in [4.69, 9.17) is 0 Å². The van der Waals surface area contributed by atoms with Crippen molar-refractivity contribution in [3.8, 4) is 0 Å². The van der Waals surface area contributed by atoms with Gasteiger partial charge in [-0.2, -0.15) is 0 Å². The third kappa shape index (κ3) is 4.98. The van der Waals surface area contributed by atoms with Crippen molar-refractivity contribution in [2.75, 3.05) is 0 Å². The first-order valence-corrected chi connectivity index (χ1v) is 10.6. The van der Waals surface area contributed by atoms with Crippen molar-refractivity contribution < 1.29 is 9.59 Å². The van der Waals surface area contributed by atoms with Crippen molar-refractivity contribution >= 4 is 11.8 Å². The molecule has 4 nitrogen and oxygen atoms in total. The molecule has 4 bridgehead atoms. The van der Waals surface area contributed by atoms with E-state index in [9.17, 15) is 9.59 Å². The number of rotatable bonds is 9. The molecule has 25 heavy (non-hydrogen) atoms. The number of carbonyl (C=O) groups is 2. The average molecular weight is 349 g/mol. The SMILES string of the molecule is CCCCC[C@@H](C)NC(=O)CCC(=O)NC12CC3CC(CC(C3)C1)C2. The molecule has 0 aromatic carbocycles. The lowest BCUT2D eigenvalue weighted by Gasteiger charge is -2.56. The zero-order valence-corrected chi connectivity index (χ0v) is 16.1. The minimum Gasteiger partial charge on any atom is -0.354 e. The molecule has 1 atom stereocenters. The third-order valence-corrected chi connectivity index (χ3v) is 6.67. The summed E-state index contributed by atoms with van der Waals surface area (Å²) in [5.41, 5.74) is 0.0652. The lowest BCUT2D eigenvalue weighted by Crippen LogP contribution is -2.59. The van der Waals surface area contributed by atoms with Gasteiger partial charge in [0.25, 0.3) is 0 Å². The predicted molar refractivity (Wildman–Crippen MR) is 100 cm³/mol. The Morgan fingerprint density at radius 1 is 0.960 bits per heavy atom. The van der Waals surface area contributed by atoms with Gasteiger partial charge in [0.05, 0.1) is 0 Å². The van der Waals surface area contributed by atoms with Gasteiger partial charge in [-0.15, -0.1) is 0 Å². The van der Waals surface area contributed by atoms with Crippen molar-refractivity contribution in [3.05, 3.63) is 0 Å². The van der Waals surface area contributed by atoms with E-state index >= 15 is 0 Å². The van der Waals surface area contributed by atoms with Crippen LogP contribution in [0.25, 0.3) is 0 Å². The highest BCUT2D eigenvalue weighted by Gasteiger charge is 2.51. The Bertz CT molecular complexity index is 453. The van der Waals surface area contributed by atoms with Gasteiger partial charge in [-0.1, -0.05) is 26.2 Å². The molecule has 4 heteroatoms. The summed E-state index contributed by atoms with van der Waals surface area (Å²) in [5.74, 6) is 2.59. The molecule has 0 aromatic heterocycles. The minimum absolute atomic E-state index is 0.0182. The second kappa shape index (κ2) is 8.09. The predicted octanol–water partition coefficient (Wildman–Crippen LogP) is 3.94. The van der Waals surface area contributed by atoms with E-state index in [1.54, 1.807) is 0 Å². The second-order valence-electron chi connectivity index (χ2n) is 9.21. The van der Waals surface area contributed by atoms with E-state index < -0.39 is 0 Å². The Hall–Kier alpha value is -1.06. The smallest absolute Gasteiger partial charge is 0.220 e. The molecule has 4 aliphatic carbocycles. The molecule has 4 saturated carbocycles. The summed E-state index contributed by atoms with van der Waals surface area (Å²) in [6.45, 7) is 4.24. The molecule has 0 aromatic rings. The van der Waals surface area contributed by atoms with Crippen LogP contribution >= 0.6 is 0 Å². The van der Waals surface area contributed by atoms with E-state index in [1.807, 2.05) is 0 Å².